The maximum atomic E-state index is 7.36. The fourth-order valence-electron chi connectivity index (χ4n) is 1.10. The molecule has 0 aliphatic carbocycles. The molecule has 1 aromatic rings. The first kappa shape index (κ1) is 13.3. The minimum Gasteiger partial charge on any atom is -0.370 e. The molecule has 3 nitrogen and oxygen atoms in total. The van der Waals surface area contributed by atoms with Gasteiger partial charge in [-0.25, -0.2) is 0 Å². The molecule has 0 heterocycles. The van der Waals surface area contributed by atoms with Crippen LogP contribution in [0.25, 0.3) is 0 Å². The molecule has 1 rings (SSSR count). The highest BCUT2D eigenvalue weighted by Crippen LogP contribution is 2.11. The van der Waals surface area contributed by atoms with E-state index in [4.69, 9.17) is 11.1 Å². The molecule has 1 aromatic carbocycles. The second kappa shape index (κ2) is 6.73. The molecule has 0 saturated heterocycles. The Morgan fingerprint density at radius 3 is 2.36 bits per heavy atom. The van der Waals surface area contributed by atoms with Crippen LogP contribution in [0, 0.1) is 5.41 Å². The fraction of sp³-hybridized carbons (Fsp3) is 0.222. The van der Waals surface area contributed by atoms with Crippen LogP contribution in [0.4, 0.5) is 5.69 Å². The third-order valence-corrected chi connectivity index (χ3v) is 1.88. The van der Waals surface area contributed by atoms with E-state index in [1.54, 1.807) is 4.90 Å². The van der Waals surface area contributed by atoms with Gasteiger partial charge in [0.25, 0.3) is 0 Å². The standard InChI is InChI=1S/C9H13N3S.BrH/c10-9(11)12(6-7-13)8-4-2-1-3-5-8;/h1-5,13H,6-7H2,(H3,10,11);1H. The lowest BCUT2D eigenvalue weighted by Gasteiger charge is -2.21. The molecular formula is C9H14BrN3S. The number of halogens is 1. The van der Waals surface area contributed by atoms with Crippen molar-refractivity contribution in [3.05, 3.63) is 30.3 Å². The molecule has 0 aliphatic rings. The van der Waals surface area contributed by atoms with Crippen LogP contribution in [0.5, 0.6) is 0 Å². The Kier molecular flexibility index (Phi) is 6.40. The van der Waals surface area contributed by atoms with E-state index in [0.717, 1.165) is 5.69 Å². The van der Waals surface area contributed by atoms with Gasteiger partial charge in [-0.15, -0.1) is 17.0 Å². The summed E-state index contributed by atoms with van der Waals surface area (Å²) in [6.07, 6.45) is 0. The van der Waals surface area contributed by atoms with Gasteiger partial charge in [0.2, 0.25) is 0 Å². The van der Waals surface area contributed by atoms with E-state index in [-0.39, 0.29) is 22.9 Å². The van der Waals surface area contributed by atoms with Crippen LogP contribution < -0.4 is 10.6 Å². The summed E-state index contributed by atoms with van der Waals surface area (Å²) in [6.45, 7) is 0.655. The molecule has 0 unspecified atom stereocenters. The minimum atomic E-state index is 0. The minimum absolute atomic E-state index is 0. The van der Waals surface area contributed by atoms with Crippen LogP contribution in [-0.2, 0) is 0 Å². The average Bonchev–Trinajstić information content (AvgIpc) is 2.15. The van der Waals surface area contributed by atoms with Crippen LogP contribution in [0.1, 0.15) is 0 Å². The van der Waals surface area contributed by atoms with Crippen molar-refractivity contribution in [2.75, 3.05) is 17.2 Å². The number of para-hydroxylation sites is 1. The summed E-state index contributed by atoms with van der Waals surface area (Å²) in [4.78, 5) is 1.72. The molecule has 0 spiro atoms. The average molecular weight is 276 g/mol. The third kappa shape index (κ3) is 3.59. The molecule has 78 valence electrons. The lowest BCUT2D eigenvalue weighted by Crippen LogP contribution is -2.37. The zero-order chi connectivity index (χ0) is 9.68. The van der Waals surface area contributed by atoms with E-state index in [1.807, 2.05) is 30.3 Å². The van der Waals surface area contributed by atoms with Crippen molar-refractivity contribution in [2.45, 2.75) is 0 Å². The maximum Gasteiger partial charge on any atom is 0.192 e. The molecule has 3 N–H and O–H groups in total. The van der Waals surface area contributed by atoms with Crippen LogP contribution in [-0.4, -0.2) is 18.3 Å². The van der Waals surface area contributed by atoms with Crippen molar-refractivity contribution in [2.24, 2.45) is 5.73 Å². The van der Waals surface area contributed by atoms with Gasteiger partial charge >= 0.3 is 0 Å². The zero-order valence-corrected chi connectivity index (χ0v) is 10.3. The third-order valence-electron chi connectivity index (χ3n) is 1.68. The van der Waals surface area contributed by atoms with E-state index in [1.165, 1.54) is 0 Å². The second-order valence-corrected chi connectivity index (χ2v) is 3.04. The molecule has 0 atom stereocenters. The SMILES string of the molecule is Br.N=C(N)N(CCS)c1ccccc1. The summed E-state index contributed by atoms with van der Waals surface area (Å²) in [5.41, 5.74) is 6.36. The molecule has 0 radical (unpaired) electrons. The van der Waals surface area contributed by atoms with E-state index in [9.17, 15) is 0 Å². The number of hydrogen-bond acceptors (Lipinski definition) is 2. The topological polar surface area (TPSA) is 53.1 Å². The van der Waals surface area contributed by atoms with E-state index >= 15 is 0 Å². The number of nitrogens with two attached hydrogens (primary N) is 1. The van der Waals surface area contributed by atoms with E-state index in [0.29, 0.717) is 12.3 Å². The highest BCUT2D eigenvalue weighted by atomic mass is 79.9. The lowest BCUT2D eigenvalue weighted by molar-refractivity contribution is 1.04. The summed E-state index contributed by atoms with van der Waals surface area (Å²) < 4.78 is 0. The van der Waals surface area contributed by atoms with Gasteiger partial charge in [-0.05, 0) is 12.1 Å². The molecular weight excluding hydrogens is 262 g/mol. The van der Waals surface area contributed by atoms with Gasteiger partial charge in [-0.1, -0.05) is 18.2 Å². The summed E-state index contributed by atoms with van der Waals surface area (Å²) >= 11 is 4.11. The Bertz CT molecular complexity index is 279. The predicted molar refractivity (Wildman–Crippen MR) is 69.9 cm³/mol. The Morgan fingerprint density at radius 1 is 1.36 bits per heavy atom. The molecule has 5 heteroatoms. The summed E-state index contributed by atoms with van der Waals surface area (Å²) in [5, 5.41) is 7.36. The normalized spacial score (nSPS) is 8.93. The molecule has 0 bridgehead atoms. The van der Waals surface area contributed by atoms with Gasteiger partial charge in [0.1, 0.15) is 0 Å². The highest BCUT2D eigenvalue weighted by Gasteiger charge is 2.06. The van der Waals surface area contributed by atoms with Gasteiger partial charge in [0.05, 0.1) is 0 Å². The zero-order valence-electron chi connectivity index (χ0n) is 7.68. The smallest absolute Gasteiger partial charge is 0.192 e. The second-order valence-electron chi connectivity index (χ2n) is 2.60. The van der Waals surface area contributed by atoms with Gasteiger partial charge in [0, 0.05) is 18.0 Å². The highest BCUT2D eigenvalue weighted by molar-refractivity contribution is 8.93. The summed E-state index contributed by atoms with van der Waals surface area (Å²) in [6, 6.07) is 9.62. The van der Waals surface area contributed by atoms with Crippen LogP contribution >= 0.6 is 29.6 Å². The van der Waals surface area contributed by atoms with Crippen LogP contribution in [0.15, 0.2) is 30.3 Å². The number of hydrogen-bond donors (Lipinski definition) is 3. The van der Waals surface area contributed by atoms with Crippen molar-refractivity contribution in [1.29, 1.82) is 5.41 Å². The first-order valence-corrected chi connectivity index (χ1v) is 4.66. The Balaban J connectivity index is 0.00000169. The summed E-state index contributed by atoms with van der Waals surface area (Å²) in [7, 11) is 0. The Hall–Kier alpha value is -0.680. The number of thiol groups is 1. The summed E-state index contributed by atoms with van der Waals surface area (Å²) in [5.74, 6) is 0.731. The number of nitrogens with one attached hydrogen (secondary N) is 1. The van der Waals surface area contributed by atoms with Crippen molar-refractivity contribution in [3.63, 3.8) is 0 Å². The number of rotatable bonds is 3. The fourth-order valence-corrected chi connectivity index (χ4v) is 1.30. The molecule has 0 saturated carbocycles. The van der Waals surface area contributed by atoms with Gasteiger partial charge in [-0.3, -0.25) is 5.41 Å². The van der Waals surface area contributed by atoms with Gasteiger partial charge in [-0.2, -0.15) is 12.6 Å². The quantitative estimate of drug-likeness (QED) is 0.448. The number of anilines is 1. The van der Waals surface area contributed by atoms with Gasteiger partial charge < -0.3 is 10.6 Å². The van der Waals surface area contributed by atoms with Crippen molar-refractivity contribution < 1.29 is 0 Å². The monoisotopic (exact) mass is 275 g/mol. The van der Waals surface area contributed by atoms with Crippen LogP contribution in [0.2, 0.25) is 0 Å². The molecule has 0 fully saturated rings. The van der Waals surface area contributed by atoms with Crippen molar-refractivity contribution >= 4 is 41.3 Å². The molecule has 0 aliphatic heterocycles. The number of benzene rings is 1. The van der Waals surface area contributed by atoms with E-state index < -0.39 is 0 Å². The number of guanidine groups is 1. The first-order valence-electron chi connectivity index (χ1n) is 4.03. The first-order chi connectivity index (χ1) is 6.25. The number of nitrogens with zero attached hydrogens (tertiary/aromatic N) is 1. The Morgan fingerprint density at radius 2 is 1.93 bits per heavy atom. The molecule has 14 heavy (non-hydrogen) atoms. The predicted octanol–water partition coefficient (Wildman–Crippen LogP) is 1.89. The van der Waals surface area contributed by atoms with Crippen molar-refractivity contribution in [1.82, 2.24) is 0 Å². The molecule has 0 aromatic heterocycles. The largest absolute Gasteiger partial charge is 0.370 e. The Labute approximate surface area is 100.0 Å². The lowest BCUT2D eigenvalue weighted by atomic mass is 10.3. The molecule has 0 amide bonds. The van der Waals surface area contributed by atoms with Gasteiger partial charge in [0.15, 0.2) is 5.96 Å². The maximum absolute atomic E-state index is 7.36. The van der Waals surface area contributed by atoms with E-state index in [2.05, 4.69) is 12.6 Å². The van der Waals surface area contributed by atoms with Crippen LogP contribution in [0.3, 0.4) is 0 Å². The van der Waals surface area contributed by atoms with Crippen molar-refractivity contribution in [3.8, 4) is 0 Å².